The zero-order valence-electron chi connectivity index (χ0n) is 12.4. The fourth-order valence-corrected chi connectivity index (χ4v) is 3.82. The fourth-order valence-electron chi connectivity index (χ4n) is 2.60. The van der Waals surface area contributed by atoms with Crippen LogP contribution in [0.25, 0.3) is 0 Å². The minimum atomic E-state index is -3.56. The van der Waals surface area contributed by atoms with Crippen LogP contribution >= 0.6 is 0 Å². The first-order valence-corrected chi connectivity index (χ1v) is 8.92. The molecule has 0 unspecified atom stereocenters. The van der Waals surface area contributed by atoms with Crippen LogP contribution < -0.4 is 10.5 Å². The summed E-state index contributed by atoms with van der Waals surface area (Å²) in [7, 11) is -3.56. The lowest BCUT2D eigenvalue weighted by Gasteiger charge is -2.21. The largest absolute Gasteiger partial charge is 0.464 e. The summed E-state index contributed by atoms with van der Waals surface area (Å²) >= 11 is 0. The maximum Gasteiger partial charge on any atom is 0.244 e. The Bertz CT molecular complexity index is 547. The Kier molecular flexibility index (Phi) is 5.80. The van der Waals surface area contributed by atoms with Gasteiger partial charge in [-0.05, 0) is 19.8 Å². The summed E-state index contributed by atoms with van der Waals surface area (Å²) < 4.78 is 37.8. The summed E-state index contributed by atoms with van der Waals surface area (Å²) in [4.78, 5) is 0.153. The van der Waals surface area contributed by atoms with Crippen LogP contribution in [-0.2, 0) is 21.3 Å². The number of aryl methyl sites for hydroxylation is 1. The molecule has 1 aromatic rings. The molecule has 1 heterocycles. The van der Waals surface area contributed by atoms with Gasteiger partial charge in [-0.2, -0.15) is 0 Å². The van der Waals surface area contributed by atoms with E-state index in [1.807, 2.05) is 0 Å². The summed E-state index contributed by atoms with van der Waals surface area (Å²) in [6.45, 7) is 2.46. The lowest BCUT2D eigenvalue weighted by atomic mass is 9.98. The molecule has 0 bridgehead atoms. The zero-order chi connectivity index (χ0) is 15.3. The summed E-state index contributed by atoms with van der Waals surface area (Å²) in [6, 6.07) is 1.47. The molecule has 0 aromatic carbocycles. The van der Waals surface area contributed by atoms with Crippen LogP contribution in [0.4, 0.5) is 0 Å². The van der Waals surface area contributed by atoms with E-state index in [1.54, 1.807) is 6.92 Å². The van der Waals surface area contributed by atoms with Gasteiger partial charge in [-0.15, -0.1) is 0 Å². The van der Waals surface area contributed by atoms with Crippen molar-refractivity contribution in [3.05, 3.63) is 17.6 Å². The Morgan fingerprint density at radius 1 is 1.38 bits per heavy atom. The first kappa shape index (κ1) is 16.5. The van der Waals surface area contributed by atoms with E-state index in [0.717, 1.165) is 12.8 Å². The van der Waals surface area contributed by atoms with Crippen LogP contribution in [0, 0.1) is 6.92 Å². The Labute approximate surface area is 126 Å². The van der Waals surface area contributed by atoms with Crippen LogP contribution in [0.15, 0.2) is 15.4 Å². The van der Waals surface area contributed by atoms with Crippen molar-refractivity contribution in [3.63, 3.8) is 0 Å². The molecule has 1 aliphatic rings. The lowest BCUT2D eigenvalue weighted by Crippen LogP contribution is -2.29. The molecule has 2 rings (SSSR count). The van der Waals surface area contributed by atoms with Crippen LogP contribution in [0.2, 0.25) is 0 Å². The molecule has 6 nitrogen and oxygen atoms in total. The predicted molar refractivity (Wildman–Crippen MR) is 79.3 cm³/mol. The van der Waals surface area contributed by atoms with E-state index in [2.05, 4.69) is 4.72 Å². The van der Waals surface area contributed by atoms with E-state index in [-0.39, 0.29) is 24.1 Å². The molecule has 0 amide bonds. The van der Waals surface area contributed by atoms with Gasteiger partial charge in [0.1, 0.15) is 16.4 Å². The van der Waals surface area contributed by atoms with Crippen molar-refractivity contribution >= 4 is 10.0 Å². The maximum absolute atomic E-state index is 12.2. The Morgan fingerprint density at radius 2 is 2.10 bits per heavy atom. The molecular formula is C14H24N2O4S. The van der Waals surface area contributed by atoms with E-state index in [9.17, 15) is 8.42 Å². The number of rotatable bonds is 7. The minimum Gasteiger partial charge on any atom is -0.464 e. The number of sulfonamides is 1. The molecule has 120 valence electrons. The maximum atomic E-state index is 12.2. The third-order valence-corrected chi connectivity index (χ3v) is 5.28. The van der Waals surface area contributed by atoms with Gasteiger partial charge in [-0.25, -0.2) is 13.1 Å². The second kappa shape index (κ2) is 7.40. The molecule has 0 atom stereocenters. The summed E-state index contributed by atoms with van der Waals surface area (Å²) in [6.07, 6.45) is 6.11. The molecule has 1 saturated carbocycles. The topological polar surface area (TPSA) is 94.6 Å². The van der Waals surface area contributed by atoms with E-state index in [1.165, 1.54) is 25.3 Å². The number of nitrogens with one attached hydrogen (secondary N) is 1. The van der Waals surface area contributed by atoms with E-state index < -0.39 is 10.0 Å². The highest BCUT2D eigenvalue weighted by Crippen LogP contribution is 2.21. The molecule has 7 heteroatoms. The van der Waals surface area contributed by atoms with Crippen LogP contribution in [-0.4, -0.2) is 27.7 Å². The van der Waals surface area contributed by atoms with Crippen molar-refractivity contribution in [2.45, 2.75) is 56.6 Å². The Balaban J connectivity index is 1.82. The van der Waals surface area contributed by atoms with Crippen molar-refractivity contribution in [2.24, 2.45) is 5.73 Å². The number of nitrogens with two attached hydrogens (primary N) is 1. The standard InChI is InChI=1S/C14H24N2O4S/c1-11-14(9-13(10-15)20-11)21(17,18)16-7-8-19-12-5-3-2-4-6-12/h9,12,16H,2-8,10,15H2,1H3. The molecule has 0 aliphatic heterocycles. The number of furan rings is 1. The van der Waals surface area contributed by atoms with Gasteiger partial charge < -0.3 is 14.9 Å². The number of ether oxygens (including phenoxy) is 1. The van der Waals surface area contributed by atoms with Crippen LogP contribution in [0.5, 0.6) is 0 Å². The van der Waals surface area contributed by atoms with Gasteiger partial charge in [-0.3, -0.25) is 0 Å². The minimum absolute atomic E-state index is 0.153. The average Bonchev–Trinajstić information content (AvgIpc) is 2.87. The molecule has 0 saturated heterocycles. The van der Waals surface area contributed by atoms with Crippen molar-refractivity contribution in [1.29, 1.82) is 0 Å². The van der Waals surface area contributed by atoms with E-state index in [4.69, 9.17) is 14.9 Å². The second-order valence-electron chi connectivity index (χ2n) is 5.37. The van der Waals surface area contributed by atoms with Crippen molar-refractivity contribution in [3.8, 4) is 0 Å². The monoisotopic (exact) mass is 316 g/mol. The van der Waals surface area contributed by atoms with Gasteiger partial charge in [-0.1, -0.05) is 19.3 Å². The average molecular weight is 316 g/mol. The first-order chi connectivity index (χ1) is 10.0. The van der Waals surface area contributed by atoms with Crippen LogP contribution in [0.1, 0.15) is 43.6 Å². The number of hydrogen-bond donors (Lipinski definition) is 2. The molecule has 21 heavy (non-hydrogen) atoms. The van der Waals surface area contributed by atoms with Gasteiger partial charge in [0.15, 0.2) is 0 Å². The quantitative estimate of drug-likeness (QED) is 0.746. The summed E-state index contributed by atoms with van der Waals surface area (Å²) in [5, 5.41) is 0. The third-order valence-electron chi connectivity index (χ3n) is 3.71. The molecule has 1 aliphatic carbocycles. The molecule has 0 radical (unpaired) electrons. The van der Waals surface area contributed by atoms with Gasteiger partial charge in [0.25, 0.3) is 0 Å². The second-order valence-corrected chi connectivity index (χ2v) is 7.10. The molecule has 3 N–H and O–H groups in total. The molecule has 0 spiro atoms. The summed E-state index contributed by atoms with van der Waals surface area (Å²) in [5.41, 5.74) is 5.45. The van der Waals surface area contributed by atoms with E-state index >= 15 is 0 Å². The Hall–Kier alpha value is -0.890. The van der Waals surface area contributed by atoms with Crippen molar-refractivity contribution in [1.82, 2.24) is 4.72 Å². The zero-order valence-corrected chi connectivity index (χ0v) is 13.2. The first-order valence-electron chi connectivity index (χ1n) is 7.43. The SMILES string of the molecule is Cc1oc(CN)cc1S(=O)(=O)NCCOC1CCCCC1. The molecular weight excluding hydrogens is 292 g/mol. The van der Waals surface area contributed by atoms with Crippen molar-refractivity contribution in [2.75, 3.05) is 13.2 Å². The van der Waals surface area contributed by atoms with Gasteiger partial charge in [0.05, 0.1) is 19.3 Å². The number of hydrogen-bond acceptors (Lipinski definition) is 5. The molecule has 1 aromatic heterocycles. The molecule has 1 fully saturated rings. The fraction of sp³-hybridized carbons (Fsp3) is 0.714. The predicted octanol–water partition coefficient (Wildman–Crippen LogP) is 1.67. The van der Waals surface area contributed by atoms with Gasteiger partial charge in [0, 0.05) is 12.6 Å². The summed E-state index contributed by atoms with van der Waals surface area (Å²) in [5.74, 6) is 0.822. The van der Waals surface area contributed by atoms with E-state index in [0.29, 0.717) is 18.1 Å². The van der Waals surface area contributed by atoms with Crippen molar-refractivity contribution < 1.29 is 17.6 Å². The Morgan fingerprint density at radius 3 is 2.71 bits per heavy atom. The normalized spacial score (nSPS) is 17.2. The smallest absolute Gasteiger partial charge is 0.244 e. The lowest BCUT2D eigenvalue weighted by molar-refractivity contribution is 0.0321. The highest BCUT2D eigenvalue weighted by atomic mass is 32.2. The van der Waals surface area contributed by atoms with Gasteiger partial charge in [0.2, 0.25) is 10.0 Å². The van der Waals surface area contributed by atoms with Crippen LogP contribution in [0.3, 0.4) is 0 Å². The van der Waals surface area contributed by atoms with Gasteiger partial charge >= 0.3 is 0 Å². The highest BCUT2D eigenvalue weighted by Gasteiger charge is 2.21. The highest BCUT2D eigenvalue weighted by molar-refractivity contribution is 7.89. The third kappa shape index (κ3) is 4.54.